The van der Waals surface area contributed by atoms with E-state index in [0.717, 1.165) is 0 Å². The van der Waals surface area contributed by atoms with Gasteiger partial charge in [0.15, 0.2) is 5.78 Å². The monoisotopic (exact) mass is 412 g/mol. The van der Waals surface area contributed by atoms with Crippen molar-refractivity contribution in [3.63, 3.8) is 0 Å². The molecule has 4 nitrogen and oxygen atoms in total. The van der Waals surface area contributed by atoms with Crippen LogP contribution >= 0.6 is 11.6 Å². The summed E-state index contributed by atoms with van der Waals surface area (Å²) >= 11 is 6.37. The molecule has 0 saturated heterocycles. The first kappa shape index (κ1) is 21.1. The van der Waals surface area contributed by atoms with Gasteiger partial charge in [0.05, 0.1) is 11.1 Å². The van der Waals surface area contributed by atoms with Crippen LogP contribution in [0.25, 0.3) is 5.57 Å². The van der Waals surface area contributed by atoms with Crippen molar-refractivity contribution in [3.05, 3.63) is 63.2 Å². The third kappa shape index (κ3) is 3.46. The lowest BCUT2D eigenvalue weighted by atomic mass is 9.76. The number of aromatic hydroxyl groups is 2. The Morgan fingerprint density at radius 1 is 0.828 bits per heavy atom. The highest BCUT2D eigenvalue weighted by atomic mass is 35.5. The van der Waals surface area contributed by atoms with Gasteiger partial charge in [0.25, 0.3) is 0 Å². The number of fused-ring (bicyclic) bond motifs is 1. The maximum Gasteiger partial charge on any atom is 0.209 e. The molecule has 5 heteroatoms. The Balaban J connectivity index is 2.35. The van der Waals surface area contributed by atoms with E-state index in [1.54, 1.807) is 12.1 Å². The summed E-state index contributed by atoms with van der Waals surface area (Å²) in [6.45, 7) is 11.8. The first-order valence-electron chi connectivity index (χ1n) is 9.44. The van der Waals surface area contributed by atoms with Crippen molar-refractivity contribution in [3.8, 4) is 11.5 Å². The summed E-state index contributed by atoms with van der Waals surface area (Å²) in [5.41, 5.74) is 1.16. The Morgan fingerprint density at radius 3 is 1.83 bits per heavy atom. The third-order valence-corrected chi connectivity index (χ3v) is 5.54. The summed E-state index contributed by atoms with van der Waals surface area (Å²) in [6.07, 6.45) is 0. The van der Waals surface area contributed by atoms with Gasteiger partial charge in [0.1, 0.15) is 16.5 Å². The summed E-state index contributed by atoms with van der Waals surface area (Å²) < 4.78 is 0. The van der Waals surface area contributed by atoms with E-state index in [-0.39, 0.29) is 33.2 Å². The topological polar surface area (TPSA) is 74.6 Å². The van der Waals surface area contributed by atoms with Crippen LogP contribution in [0, 0.1) is 0 Å². The molecule has 0 bridgehead atoms. The van der Waals surface area contributed by atoms with Crippen molar-refractivity contribution < 1.29 is 19.8 Å². The molecule has 0 fully saturated rings. The number of Topliss-reactive ketones (excluding diaryl/α,β-unsaturated/α-hetero) is 2. The number of allylic oxidation sites excluding steroid dienone is 2. The van der Waals surface area contributed by atoms with Crippen molar-refractivity contribution >= 4 is 28.7 Å². The van der Waals surface area contributed by atoms with E-state index < -0.39 is 22.4 Å². The van der Waals surface area contributed by atoms with E-state index in [1.807, 2.05) is 41.5 Å². The normalized spacial score (nSPS) is 15.0. The molecule has 2 N–H and O–H groups in total. The zero-order valence-electron chi connectivity index (χ0n) is 17.5. The molecule has 2 aromatic rings. The van der Waals surface area contributed by atoms with E-state index >= 15 is 0 Å². The fourth-order valence-corrected chi connectivity index (χ4v) is 3.90. The lowest BCUT2D eigenvalue weighted by Gasteiger charge is -2.29. The van der Waals surface area contributed by atoms with Gasteiger partial charge in [-0.05, 0) is 34.6 Å². The maximum absolute atomic E-state index is 13.3. The smallest absolute Gasteiger partial charge is 0.209 e. The van der Waals surface area contributed by atoms with Gasteiger partial charge in [0.2, 0.25) is 5.78 Å². The highest BCUT2D eigenvalue weighted by Gasteiger charge is 2.36. The number of hydrogen-bond donors (Lipinski definition) is 2. The first-order chi connectivity index (χ1) is 13.2. The van der Waals surface area contributed by atoms with Crippen molar-refractivity contribution in [1.82, 2.24) is 0 Å². The van der Waals surface area contributed by atoms with Crippen LogP contribution < -0.4 is 0 Å². The quantitative estimate of drug-likeness (QED) is 0.627. The highest BCUT2D eigenvalue weighted by molar-refractivity contribution is 6.57. The third-order valence-electron chi connectivity index (χ3n) is 5.17. The standard InChI is InChI=1S/C24H25ClO4/c1-23(2,3)14-10-12(11-15(21(14)28)24(4,5)6)17-19(25)22(29)18-13(20(17)27)8-7-9-16(18)26/h7-11,26,28H,1-6H3. The first-order valence-corrected chi connectivity index (χ1v) is 9.82. The summed E-state index contributed by atoms with van der Waals surface area (Å²) in [7, 11) is 0. The minimum Gasteiger partial charge on any atom is -0.507 e. The number of halogens is 1. The van der Waals surface area contributed by atoms with E-state index in [2.05, 4.69) is 0 Å². The zero-order valence-corrected chi connectivity index (χ0v) is 18.2. The van der Waals surface area contributed by atoms with Crippen LogP contribution in [0.3, 0.4) is 0 Å². The molecule has 0 spiro atoms. The number of rotatable bonds is 1. The average Bonchev–Trinajstić information content (AvgIpc) is 2.59. The van der Waals surface area contributed by atoms with Crippen LogP contribution in [0.15, 0.2) is 35.4 Å². The number of ketones is 2. The molecule has 1 aliphatic carbocycles. The zero-order chi connectivity index (χ0) is 21.9. The number of hydrogen-bond acceptors (Lipinski definition) is 4. The van der Waals surface area contributed by atoms with E-state index in [9.17, 15) is 19.8 Å². The SMILES string of the molecule is CC(C)(C)c1cc(C2=C(Cl)C(=O)c3c(O)cccc3C2=O)cc(C(C)(C)C)c1O. The van der Waals surface area contributed by atoms with Gasteiger partial charge in [-0.1, -0.05) is 65.3 Å². The van der Waals surface area contributed by atoms with Crippen LogP contribution in [0.4, 0.5) is 0 Å². The fourth-order valence-electron chi connectivity index (χ4n) is 3.61. The number of carbonyl (C=O) groups is 2. The molecule has 29 heavy (non-hydrogen) atoms. The van der Waals surface area contributed by atoms with Gasteiger partial charge < -0.3 is 10.2 Å². The van der Waals surface area contributed by atoms with Gasteiger partial charge in [-0.15, -0.1) is 0 Å². The molecule has 0 atom stereocenters. The summed E-state index contributed by atoms with van der Waals surface area (Å²) in [6, 6.07) is 7.83. The van der Waals surface area contributed by atoms with Crippen molar-refractivity contribution in [2.75, 3.05) is 0 Å². The van der Waals surface area contributed by atoms with Crippen molar-refractivity contribution in [2.24, 2.45) is 0 Å². The molecule has 0 saturated carbocycles. The predicted molar refractivity (Wildman–Crippen MR) is 115 cm³/mol. The Morgan fingerprint density at radius 2 is 1.34 bits per heavy atom. The number of phenolic OH excluding ortho intramolecular Hbond substituents is 2. The molecule has 0 unspecified atom stereocenters. The molecule has 0 aromatic heterocycles. The van der Waals surface area contributed by atoms with E-state index in [4.69, 9.17) is 11.6 Å². The summed E-state index contributed by atoms with van der Waals surface area (Å²) in [5, 5.41) is 20.8. The minimum atomic E-state index is -0.586. The lowest BCUT2D eigenvalue weighted by Crippen LogP contribution is -2.22. The van der Waals surface area contributed by atoms with Crippen LogP contribution in [0.2, 0.25) is 0 Å². The van der Waals surface area contributed by atoms with E-state index in [0.29, 0.717) is 16.7 Å². The molecule has 1 aliphatic rings. The van der Waals surface area contributed by atoms with Crippen LogP contribution in [-0.4, -0.2) is 21.8 Å². The molecule has 0 aliphatic heterocycles. The average molecular weight is 413 g/mol. The van der Waals surface area contributed by atoms with Crippen molar-refractivity contribution in [2.45, 2.75) is 52.4 Å². The number of benzene rings is 2. The maximum atomic E-state index is 13.3. The fraction of sp³-hybridized carbons (Fsp3) is 0.333. The summed E-state index contributed by atoms with van der Waals surface area (Å²) in [4.78, 5) is 26.1. The van der Waals surface area contributed by atoms with Gasteiger partial charge in [-0.2, -0.15) is 0 Å². The minimum absolute atomic E-state index is 0.0721. The highest BCUT2D eigenvalue weighted by Crippen LogP contribution is 2.44. The second kappa shape index (κ2) is 6.74. The van der Waals surface area contributed by atoms with Gasteiger partial charge in [0, 0.05) is 16.7 Å². The molecule has 152 valence electrons. The molecular weight excluding hydrogens is 388 g/mol. The Kier molecular flexibility index (Phi) is 4.91. The molecule has 0 heterocycles. The van der Waals surface area contributed by atoms with Crippen LogP contribution in [0.5, 0.6) is 11.5 Å². The number of phenols is 2. The molecular formula is C24H25ClO4. The van der Waals surface area contributed by atoms with Crippen LogP contribution in [-0.2, 0) is 10.8 Å². The Labute approximate surface area is 175 Å². The molecule has 0 amide bonds. The Bertz CT molecular complexity index is 1040. The lowest BCUT2D eigenvalue weighted by molar-refractivity contribution is 0.0995. The van der Waals surface area contributed by atoms with Crippen LogP contribution in [0.1, 0.15) is 78.9 Å². The van der Waals surface area contributed by atoms with E-state index in [1.165, 1.54) is 18.2 Å². The summed E-state index contributed by atoms with van der Waals surface area (Å²) in [5.74, 6) is -1.10. The predicted octanol–water partition coefficient (Wildman–Crippen LogP) is 5.72. The largest absolute Gasteiger partial charge is 0.507 e. The van der Waals surface area contributed by atoms with Gasteiger partial charge >= 0.3 is 0 Å². The van der Waals surface area contributed by atoms with Gasteiger partial charge in [-0.25, -0.2) is 0 Å². The number of carbonyl (C=O) groups excluding carboxylic acids is 2. The molecule has 0 radical (unpaired) electrons. The second-order valence-electron chi connectivity index (χ2n) is 9.47. The molecule has 3 rings (SSSR count). The molecule has 2 aromatic carbocycles. The van der Waals surface area contributed by atoms with Crippen molar-refractivity contribution in [1.29, 1.82) is 0 Å². The Hall–Kier alpha value is -2.59. The van der Waals surface area contributed by atoms with Gasteiger partial charge in [-0.3, -0.25) is 9.59 Å². The second-order valence-corrected chi connectivity index (χ2v) is 9.84.